The van der Waals surface area contributed by atoms with Crippen LogP contribution in [0.3, 0.4) is 0 Å². The number of amides is 2. The van der Waals surface area contributed by atoms with Crippen molar-refractivity contribution in [3.8, 4) is 0 Å². The van der Waals surface area contributed by atoms with Crippen molar-refractivity contribution >= 4 is 28.9 Å². The summed E-state index contributed by atoms with van der Waals surface area (Å²) in [6, 6.07) is 12.8. The first-order chi connectivity index (χ1) is 11.9. The predicted molar refractivity (Wildman–Crippen MR) is 93.3 cm³/mol. The minimum atomic E-state index is -0.939. The Morgan fingerprint density at radius 1 is 1.08 bits per heavy atom. The number of benzene rings is 2. The van der Waals surface area contributed by atoms with Gasteiger partial charge in [0.2, 0.25) is 0 Å². The molecule has 0 heterocycles. The molecule has 0 aliphatic rings. The van der Waals surface area contributed by atoms with Crippen LogP contribution in [0.2, 0.25) is 0 Å². The highest BCUT2D eigenvalue weighted by molar-refractivity contribution is 6.39. The minimum absolute atomic E-state index is 0.0875. The van der Waals surface area contributed by atoms with E-state index in [9.17, 15) is 19.7 Å². The van der Waals surface area contributed by atoms with Crippen LogP contribution in [0.1, 0.15) is 18.1 Å². The Morgan fingerprint density at radius 2 is 1.76 bits per heavy atom. The molecule has 8 nitrogen and oxygen atoms in total. The van der Waals surface area contributed by atoms with Gasteiger partial charge in [0.15, 0.2) is 0 Å². The van der Waals surface area contributed by atoms with Crippen LogP contribution in [-0.4, -0.2) is 22.4 Å². The molecule has 2 amide bonds. The zero-order valence-corrected chi connectivity index (χ0v) is 13.6. The predicted octanol–water partition coefficient (Wildman–Crippen LogP) is 2.38. The molecular formula is C17H16N4O4. The monoisotopic (exact) mass is 340 g/mol. The van der Waals surface area contributed by atoms with Crippen molar-refractivity contribution in [2.24, 2.45) is 5.10 Å². The smallest absolute Gasteiger partial charge is 0.318 e. The second kappa shape index (κ2) is 7.82. The summed E-state index contributed by atoms with van der Waals surface area (Å²) in [6.07, 6.45) is 0. The number of nitro groups is 1. The maximum absolute atomic E-state index is 11.8. The highest BCUT2D eigenvalue weighted by atomic mass is 16.6. The van der Waals surface area contributed by atoms with Gasteiger partial charge in [-0.15, -0.1) is 0 Å². The molecule has 0 unspecified atom stereocenters. The van der Waals surface area contributed by atoms with E-state index in [0.717, 1.165) is 5.56 Å². The lowest BCUT2D eigenvalue weighted by Crippen LogP contribution is -2.32. The second-order valence-electron chi connectivity index (χ2n) is 5.27. The summed E-state index contributed by atoms with van der Waals surface area (Å²) in [7, 11) is 0. The molecule has 2 rings (SSSR count). The van der Waals surface area contributed by atoms with E-state index in [0.29, 0.717) is 17.0 Å². The number of hydrazone groups is 1. The molecule has 0 saturated carbocycles. The molecule has 8 heteroatoms. The van der Waals surface area contributed by atoms with Crippen LogP contribution in [0.5, 0.6) is 0 Å². The van der Waals surface area contributed by atoms with Crippen molar-refractivity contribution in [1.82, 2.24) is 5.43 Å². The zero-order valence-electron chi connectivity index (χ0n) is 13.6. The number of nitrogens with zero attached hydrogens (tertiary/aromatic N) is 2. The number of non-ortho nitro benzene ring substituents is 1. The number of nitro benzene ring substituents is 1. The first kappa shape index (κ1) is 17.8. The van der Waals surface area contributed by atoms with E-state index in [-0.39, 0.29) is 5.69 Å². The van der Waals surface area contributed by atoms with Crippen LogP contribution < -0.4 is 10.7 Å². The first-order valence-electron chi connectivity index (χ1n) is 7.34. The van der Waals surface area contributed by atoms with Crippen LogP contribution in [0.4, 0.5) is 11.4 Å². The SMILES string of the molecule is C/C(=N/NC(=O)C(=O)Nc1ccc(C)cc1)c1cccc([N+](=O)[O-])c1. The highest BCUT2D eigenvalue weighted by Crippen LogP contribution is 2.13. The Balaban J connectivity index is 2.00. The van der Waals surface area contributed by atoms with E-state index in [1.54, 1.807) is 37.3 Å². The van der Waals surface area contributed by atoms with Gasteiger partial charge in [0.25, 0.3) is 5.69 Å². The molecule has 0 atom stereocenters. The standard InChI is InChI=1S/C17H16N4O4/c1-11-6-8-14(9-7-11)18-16(22)17(23)20-19-12(2)13-4-3-5-15(10-13)21(24)25/h3-10H,1-2H3,(H,18,22)(H,20,23)/b19-12-. The molecule has 128 valence electrons. The number of carbonyl (C=O) groups is 2. The summed E-state index contributed by atoms with van der Waals surface area (Å²) in [4.78, 5) is 33.8. The van der Waals surface area contributed by atoms with Gasteiger partial charge in [0, 0.05) is 23.4 Å². The van der Waals surface area contributed by atoms with Crippen molar-refractivity contribution in [3.05, 3.63) is 69.8 Å². The molecule has 0 aliphatic heterocycles. The van der Waals surface area contributed by atoms with E-state index in [1.165, 1.54) is 18.2 Å². The molecule has 25 heavy (non-hydrogen) atoms. The quantitative estimate of drug-likeness (QED) is 0.385. The van der Waals surface area contributed by atoms with Crippen LogP contribution in [0.25, 0.3) is 0 Å². The Labute approximate surface area is 143 Å². The first-order valence-corrected chi connectivity index (χ1v) is 7.34. The van der Waals surface area contributed by atoms with Crippen LogP contribution in [0, 0.1) is 17.0 Å². The largest absolute Gasteiger partial charge is 0.329 e. The molecule has 0 bridgehead atoms. The van der Waals surface area contributed by atoms with Crippen molar-refractivity contribution < 1.29 is 14.5 Å². The van der Waals surface area contributed by atoms with Gasteiger partial charge < -0.3 is 5.32 Å². The third kappa shape index (κ3) is 4.96. The fourth-order valence-corrected chi connectivity index (χ4v) is 1.92. The summed E-state index contributed by atoms with van der Waals surface area (Å²) < 4.78 is 0. The van der Waals surface area contributed by atoms with Gasteiger partial charge in [0.1, 0.15) is 0 Å². The van der Waals surface area contributed by atoms with Gasteiger partial charge in [-0.1, -0.05) is 29.8 Å². The normalized spacial score (nSPS) is 10.9. The molecule has 0 aromatic heterocycles. The van der Waals surface area contributed by atoms with Crippen molar-refractivity contribution in [2.75, 3.05) is 5.32 Å². The Morgan fingerprint density at radius 3 is 2.40 bits per heavy atom. The van der Waals surface area contributed by atoms with E-state index in [4.69, 9.17) is 0 Å². The summed E-state index contributed by atoms with van der Waals surface area (Å²) in [5.41, 5.74) is 4.36. The van der Waals surface area contributed by atoms with Gasteiger partial charge in [-0.2, -0.15) is 5.10 Å². The molecule has 2 aromatic carbocycles. The van der Waals surface area contributed by atoms with Gasteiger partial charge in [-0.05, 0) is 26.0 Å². The summed E-state index contributed by atoms with van der Waals surface area (Å²) in [6.45, 7) is 3.47. The Kier molecular flexibility index (Phi) is 5.57. The van der Waals surface area contributed by atoms with Gasteiger partial charge >= 0.3 is 11.8 Å². The van der Waals surface area contributed by atoms with Crippen molar-refractivity contribution in [1.29, 1.82) is 0 Å². The number of anilines is 1. The second-order valence-corrected chi connectivity index (χ2v) is 5.27. The van der Waals surface area contributed by atoms with E-state index in [1.807, 2.05) is 6.92 Å². The summed E-state index contributed by atoms with van der Waals surface area (Å²) in [5.74, 6) is -1.80. The fourth-order valence-electron chi connectivity index (χ4n) is 1.92. The summed E-state index contributed by atoms with van der Waals surface area (Å²) >= 11 is 0. The fraction of sp³-hybridized carbons (Fsp3) is 0.118. The molecule has 0 saturated heterocycles. The van der Waals surface area contributed by atoms with E-state index in [2.05, 4.69) is 15.8 Å². The number of carbonyl (C=O) groups excluding carboxylic acids is 2. The number of rotatable bonds is 4. The van der Waals surface area contributed by atoms with Crippen molar-refractivity contribution in [3.63, 3.8) is 0 Å². The molecular weight excluding hydrogens is 324 g/mol. The molecule has 0 aliphatic carbocycles. The highest BCUT2D eigenvalue weighted by Gasteiger charge is 2.13. The van der Waals surface area contributed by atoms with Crippen LogP contribution in [0.15, 0.2) is 53.6 Å². The summed E-state index contributed by atoms with van der Waals surface area (Å²) in [5, 5.41) is 17.0. The molecule has 0 radical (unpaired) electrons. The zero-order chi connectivity index (χ0) is 18.4. The molecule has 2 N–H and O–H groups in total. The molecule has 0 spiro atoms. The number of aryl methyl sites for hydroxylation is 1. The third-order valence-corrected chi connectivity index (χ3v) is 3.32. The minimum Gasteiger partial charge on any atom is -0.318 e. The average molecular weight is 340 g/mol. The van der Waals surface area contributed by atoms with Gasteiger partial charge in [-0.25, -0.2) is 5.43 Å². The molecule has 2 aromatic rings. The number of hydrogen-bond donors (Lipinski definition) is 2. The molecule has 0 fully saturated rings. The maximum atomic E-state index is 11.8. The lowest BCUT2D eigenvalue weighted by Gasteiger charge is -2.05. The van der Waals surface area contributed by atoms with E-state index >= 15 is 0 Å². The Bertz CT molecular complexity index is 844. The van der Waals surface area contributed by atoms with Crippen LogP contribution in [-0.2, 0) is 9.59 Å². The number of nitrogens with one attached hydrogen (secondary N) is 2. The van der Waals surface area contributed by atoms with Gasteiger partial charge in [0.05, 0.1) is 10.6 Å². The maximum Gasteiger partial charge on any atom is 0.329 e. The van der Waals surface area contributed by atoms with Crippen molar-refractivity contribution in [2.45, 2.75) is 13.8 Å². The van der Waals surface area contributed by atoms with Crippen LogP contribution >= 0.6 is 0 Å². The van der Waals surface area contributed by atoms with Gasteiger partial charge in [-0.3, -0.25) is 19.7 Å². The number of hydrogen-bond acceptors (Lipinski definition) is 5. The van der Waals surface area contributed by atoms with E-state index < -0.39 is 16.7 Å². The average Bonchev–Trinajstić information content (AvgIpc) is 2.61. The lowest BCUT2D eigenvalue weighted by atomic mass is 10.1. The topological polar surface area (TPSA) is 114 Å². The lowest BCUT2D eigenvalue weighted by molar-refractivity contribution is -0.384. The Hall–Kier alpha value is -3.55. The third-order valence-electron chi connectivity index (χ3n) is 3.32.